The fraction of sp³-hybridized carbons (Fsp3) is 0.368. The van der Waals surface area contributed by atoms with E-state index in [1.807, 2.05) is 6.92 Å². The molecule has 3 rings (SSSR count). The fourth-order valence-electron chi connectivity index (χ4n) is 3.00. The van der Waals surface area contributed by atoms with Gasteiger partial charge in [0.15, 0.2) is 0 Å². The summed E-state index contributed by atoms with van der Waals surface area (Å²) in [6.07, 6.45) is -0.797. The Morgan fingerprint density at radius 1 is 1.28 bits per heavy atom. The third-order valence-corrected chi connectivity index (χ3v) is 4.56. The van der Waals surface area contributed by atoms with Crippen LogP contribution in [-0.2, 0) is 0 Å². The highest BCUT2D eigenvalue weighted by Crippen LogP contribution is 2.38. The molecule has 1 heterocycles. The Bertz CT molecular complexity index is 896. The van der Waals surface area contributed by atoms with Gasteiger partial charge in [-0.25, -0.2) is 0 Å². The molecule has 2 aromatic rings. The van der Waals surface area contributed by atoms with Crippen LogP contribution in [0.3, 0.4) is 0 Å². The Morgan fingerprint density at radius 3 is 2.56 bits per heavy atom. The fourth-order valence-corrected chi connectivity index (χ4v) is 3.00. The second-order valence-electron chi connectivity index (χ2n) is 6.59. The lowest BCUT2D eigenvalue weighted by Crippen LogP contribution is -2.15. The average Bonchev–Trinajstić information content (AvgIpc) is 3.25. The molecule has 0 unspecified atom stereocenters. The van der Waals surface area contributed by atoms with E-state index in [9.17, 15) is 13.2 Å². The number of nitrogens with zero attached hydrogens (tertiary/aromatic N) is 2. The third kappa shape index (κ3) is 3.52. The molecule has 0 aliphatic heterocycles. The summed E-state index contributed by atoms with van der Waals surface area (Å²) in [5.41, 5.74) is 2.61. The monoisotopic (exact) mass is 347 g/mol. The molecule has 0 amide bonds. The van der Waals surface area contributed by atoms with Gasteiger partial charge in [-0.05, 0) is 56.9 Å². The number of fused-ring (bicyclic) bond motifs is 1. The van der Waals surface area contributed by atoms with Gasteiger partial charge in [-0.2, -0.15) is 18.3 Å². The SMILES string of the molecule is C=C(/N=C(C)/C(=C(\C)C(F)(F)F)c1cc(C)c2[nH]ncc2c1)C1CC1. The van der Waals surface area contributed by atoms with Gasteiger partial charge in [-0.15, -0.1) is 0 Å². The van der Waals surface area contributed by atoms with E-state index in [1.165, 1.54) is 0 Å². The Hall–Kier alpha value is -2.37. The van der Waals surface area contributed by atoms with E-state index < -0.39 is 11.7 Å². The van der Waals surface area contributed by atoms with Gasteiger partial charge in [0.2, 0.25) is 0 Å². The summed E-state index contributed by atoms with van der Waals surface area (Å²) < 4.78 is 40.4. The lowest BCUT2D eigenvalue weighted by Gasteiger charge is -2.16. The van der Waals surface area contributed by atoms with Crippen LogP contribution in [-0.4, -0.2) is 22.1 Å². The minimum atomic E-state index is -4.42. The molecular weight excluding hydrogens is 327 g/mol. The Labute approximate surface area is 144 Å². The van der Waals surface area contributed by atoms with E-state index >= 15 is 0 Å². The van der Waals surface area contributed by atoms with Gasteiger partial charge >= 0.3 is 6.18 Å². The smallest absolute Gasteiger partial charge is 0.278 e. The highest BCUT2D eigenvalue weighted by atomic mass is 19.4. The number of aromatic amines is 1. The second kappa shape index (κ2) is 6.17. The third-order valence-electron chi connectivity index (χ3n) is 4.56. The topological polar surface area (TPSA) is 41.0 Å². The van der Waals surface area contributed by atoms with Gasteiger partial charge < -0.3 is 0 Å². The maximum Gasteiger partial charge on any atom is 0.413 e. The highest BCUT2D eigenvalue weighted by Gasteiger charge is 2.34. The van der Waals surface area contributed by atoms with Crippen LogP contribution in [0.1, 0.15) is 37.8 Å². The first kappa shape index (κ1) is 17.5. The minimum absolute atomic E-state index is 0.112. The van der Waals surface area contributed by atoms with Crippen molar-refractivity contribution in [1.29, 1.82) is 0 Å². The maximum absolute atomic E-state index is 13.5. The van der Waals surface area contributed by atoms with Crippen LogP contribution >= 0.6 is 0 Å². The molecule has 1 N–H and O–H groups in total. The summed E-state index contributed by atoms with van der Waals surface area (Å²) in [6.45, 7) is 8.47. The number of aryl methyl sites for hydroxylation is 1. The zero-order chi connectivity index (χ0) is 18.4. The van der Waals surface area contributed by atoms with Crippen LogP contribution in [0.5, 0.6) is 0 Å². The van der Waals surface area contributed by atoms with E-state index in [4.69, 9.17) is 0 Å². The van der Waals surface area contributed by atoms with E-state index in [0.717, 1.165) is 36.2 Å². The van der Waals surface area contributed by atoms with Crippen molar-refractivity contribution in [3.05, 3.63) is 47.3 Å². The number of alkyl halides is 3. The van der Waals surface area contributed by atoms with Crippen LogP contribution in [0, 0.1) is 12.8 Å². The molecule has 1 aromatic carbocycles. The number of nitrogens with one attached hydrogen (secondary N) is 1. The van der Waals surface area contributed by atoms with Crippen LogP contribution < -0.4 is 0 Å². The van der Waals surface area contributed by atoms with Crippen LogP contribution in [0.2, 0.25) is 0 Å². The average molecular weight is 347 g/mol. The van der Waals surface area contributed by atoms with Crippen molar-refractivity contribution in [2.24, 2.45) is 10.9 Å². The zero-order valence-electron chi connectivity index (χ0n) is 14.5. The number of rotatable bonds is 4. The van der Waals surface area contributed by atoms with Gasteiger partial charge in [-0.1, -0.05) is 6.58 Å². The summed E-state index contributed by atoms with van der Waals surface area (Å²) in [4.78, 5) is 4.39. The number of hydrogen-bond donors (Lipinski definition) is 1. The minimum Gasteiger partial charge on any atom is -0.278 e. The molecule has 3 nitrogen and oxygen atoms in total. The lowest BCUT2D eigenvalue weighted by atomic mass is 9.94. The number of aromatic nitrogens is 2. The zero-order valence-corrected chi connectivity index (χ0v) is 14.5. The number of aliphatic imine (C=N–C) groups is 1. The van der Waals surface area contributed by atoms with Crippen LogP contribution in [0.15, 0.2) is 41.2 Å². The summed E-state index contributed by atoms with van der Waals surface area (Å²) >= 11 is 0. The molecule has 6 heteroatoms. The van der Waals surface area contributed by atoms with Gasteiger partial charge in [-0.3, -0.25) is 10.1 Å². The first-order chi connectivity index (χ1) is 11.7. The van der Waals surface area contributed by atoms with Gasteiger partial charge in [0.1, 0.15) is 0 Å². The molecule has 1 saturated carbocycles. The molecule has 0 atom stereocenters. The van der Waals surface area contributed by atoms with Crippen molar-refractivity contribution in [2.75, 3.05) is 0 Å². The maximum atomic E-state index is 13.5. The molecule has 1 aliphatic carbocycles. The van der Waals surface area contributed by atoms with E-state index in [1.54, 1.807) is 25.3 Å². The standard InChI is InChI=1S/C19H20F3N3/c1-10-7-15(8-16-9-23-25-18(10)16)17(11(2)19(20,21)22)13(4)24-12(3)14-5-6-14/h7-9,14H,3,5-6H2,1-2,4H3,(H,23,25)/b17-11-,24-13+. The summed E-state index contributed by atoms with van der Waals surface area (Å²) in [5, 5.41) is 7.61. The van der Waals surface area contributed by atoms with Gasteiger partial charge in [0, 0.05) is 33.9 Å². The molecular formula is C19H20F3N3. The lowest BCUT2D eigenvalue weighted by molar-refractivity contribution is -0.0905. The Balaban J connectivity index is 2.17. The first-order valence-corrected chi connectivity index (χ1v) is 8.15. The quantitative estimate of drug-likeness (QED) is 0.720. The second-order valence-corrected chi connectivity index (χ2v) is 6.59. The van der Waals surface area contributed by atoms with Crippen LogP contribution in [0.4, 0.5) is 13.2 Å². The van der Waals surface area contributed by atoms with E-state index in [-0.39, 0.29) is 5.57 Å². The molecule has 0 bridgehead atoms. The molecule has 1 aromatic heterocycles. The number of hydrogen-bond acceptors (Lipinski definition) is 2. The van der Waals surface area contributed by atoms with Crippen molar-refractivity contribution in [3.63, 3.8) is 0 Å². The predicted molar refractivity (Wildman–Crippen MR) is 94.5 cm³/mol. The van der Waals surface area contributed by atoms with Crippen molar-refractivity contribution in [3.8, 4) is 0 Å². The molecule has 0 spiro atoms. The number of H-pyrrole nitrogens is 1. The van der Waals surface area contributed by atoms with Crippen molar-refractivity contribution in [1.82, 2.24) is 10.2 Å². The highest BCUT2D eigenvalue weighted by molar-refractivity contribution is 6.24. The summed E-state index contributed by atoms with van der Waals surface area (Å²) in [5.74, 6) is 0.306. The molecule has 25 heavy (non-hydrogen) atoms. The largest absolute Gasteiger partial charge is 0.413 e. The molecule has 1 aliphatic rings. The van der Waals surface area contributed by atoms with Crippen molar-refractivity contribution in [2.45, 2.75) is 39.8 Å². The summed E-state index contributed by atoms with van der Waals surface area (Å²) in [6, 6.07) is 3.46. The van der Waals surface area contributed by atoms with E-state index in [2.05, 4.69) is 21.8 Å². The van der Waals surface area contributed by atoms with Crippen molar-refractivity contribution >= 4 is 22.2 Å². The Kier molecular flexibility index (Phi) is 4.31. The first-order valence-electron chi connectivity index (χ1n) is 8.15. The normalized spacial score (nSPS) is 17.0. The number of halogens is 3. The van der Waals surface area contributed by atoms with Gasteiger partial charge in [0.05, 0.1) is 11.7 Å². The number of benzene rings is 1. The molecule has 0 radical (unpaired) electrons. The number of allylic oxidation sites excluding steroid dienone is 3. The molecule has 1 fully saturated rings. The Morgan fingerprint density at radius 2 is 1.96 bits per heavy atom. The summed E-state index contributed by atoms with van der Waals surface area (Å²) in [7, 11) is 0. The van der Waals surface area contributed by atoms with Crippen LogP contribution in [0.25, 0.3) is 16.5 Å². The van der Waals surface area contributed by atoms with Crippen molar-refractivity contribution < 1.29 is 13.2 Å². The van der Waals surface area contributed by atoms with E-state index in [0.29, 0.717) is 22.9 Å². The predicted octanol–water partition coefficient (Wildman–Crippen LogP) is 5.59. The molecule has 132 valence electrons. The molecule has 0 saturated heterocycles. The van der Waals surface area contributed by atoms with Gasteiger partial charge in [0.25, 0.3) is 0 Å².